The molecular weight excluding hydrogens is 1620 g/mol. The van der Waals surface area contributed by atoms with Crippen LogP contribution in [-0.2, 0) is 4.79 Å². The van der Waals surface area contributed by atoms with E-state index in [1.807, 2.05) is 92.7 Å². The van der Waals surface area contributed by atoms with E-state index >= 15 is 0 Å². The molecule has 7 aromatic heterocycles. The summed E-state index contributed by atoms with van der Waals surface area (Å²) in [6, 6.07) is 34.1. The van der Waals surface area contributed by atoms with Gasteiger partial charge in [-0.3, -0.25) is 34.1 Å². The standard InChI is InChI=1S/C33H48N2O2S2.C13H13N3OS2.C12H19N3OS2.C10H8N2S2.C7H10N2S2.C4H11NS.C2H7NS/c1-4-5-6-7-8-9-10-11-12-13-14-15-16-17-18-19-20-25-32(37)35-29-33(2,3)39-38-27-22-24-31(36)30-23-21-26-34-28-30;17-13(11-4-3-6-14-10-11)16-8-9-18-19-12-5-1-2-7-15-12;1-12(2,9-13)18-17-7-6-15-11(16)10-4-3-5-14-8-10;1-3-7-11-9(5-1)13-14-10-6-2-4-8-12-10;8-4-6-10-11-7-3-1-2-5-9-7;1-4(2,6)3-5;3-1-2-4/h5-6,8-9,11-12,14-15,17-18,21,23,26,28H,4,7,10,13,16,19-20,22,24-25,27,29H2,1-3H3,(H,35,37);1-7,10H,8-9H2,(H,16,17);3-5,8H,6-7,9,13H2,1-2H3,(H,15,16);1-8H;1-3,5H,4,6,8H2;6H,3,5H2,1-2H3;4H,1-3H2/b6-5-,9-8-,12-11-,15-14-,18-17-;;;;;;. The van der Waals surface area contributed by atoms with Crippen molar-refractivity contribution in [2.45, 2.75) is 147 Å². The molecular formula is C81H116N14O4S12. The lowest BCUT2D eigenvalue weighted by atomic mass is 10.1. The van der Waals surface area contributed by atoms with Gasteiger partial charge in [0, 0.05) is 169 Å². The van der Waals surface area contributed by atoms with Gasteiger partial charge in [-0.15, -0.1) is 0 Å². The van der Waals surface area contributed by atoms with Crippen molar-refractivity contribution in [2.75, 3.05) is 74.6 Å². The fraction of sp³-hybridized carbons (Fsp3) is 0.395. The SMILES string of the molecule is CC(C)(CN)SSCCNC(=O)c1cccnc1.CC(C)(S)CN.CC/C=C\C/C=C\C/C=C\C/C=C\C/C=C\CCCC(=O)NCC(C)(C)SSCCCC(=O)c1cccnc1.NCCS.NCCSSc1ccccn1.O=C(NCCSSc1ccccn1)c1cccnc1.c1ccc(SSc2ccccn2)nc1. The number of ketones is 1. The Morgan fingerprint density at radius 1 is 0.432 bits per heavy atom. The minimum atomic E-state index is -0.0865. The van der Waals surface area contributed by atoms with Crippen LogP contribution in [0.1, 0.15) is 144 Å². The van der Waals surface area contributed by atoms with Crippen LogP contribution in [0, 0.1) is 0 Å². The number of aromatic nitrogens is 7. The van der Waals surface area contributed by atoms with Crippen molar-refractivity contribution in [3.8, 4) is 0 Å². The maximum absolute atomic E-state index is 12.2. The summed E-state index contributed by atoms with van der Waals surface area (Å²) in [5.41, 5.74) is 23.0. The molecule has 18 nitrogen and oxygen atoms in total. The number of nitrogens with one attached hydrogen (secondary N) is 3. The number of thiol groups is 2. The first-order valence-electron chi connectivity index (χ1n) is 36.3. The van der Waals surface area contributed by atoms with E-state index in [1.54, 1.807) is 200 Å². The maximum Gasteiger partial charge on any atom is 0.252 e. The van der Waals surface area contributed by atoms with Gasteiger partial charge < -0.3 is 38.9 Å². The molecule has 3 amide bonds. The average Bonchev–Trinajstić information content (AvgIpc) is 0.953. The van der Waals surface area contributed by atoms with Crippen LogP contribution in [0.5, 0.6) is 0 Å². The van der Waals surface area contributed by atoms with Crippen molar-refractivity contribution in [3.05, 3.63) is 249 Å². The number of unbranched alkanes of at least 4 members (excludes halogenated alkanes) is 1. The van der Waals surface area contributed by atoms with Crippen LogP contribution in [0.2, 0.25) is 0 Å². The van der Waals surface area contributed by atoms with E-state index in [4.69, 9.17) is 22.9 Å². The topological polar surface area (TPSA) is 299 Å². The third kappa shape index (κ3) is 64.8. The monoisotopic (exact) mass is 1730 g/mol. The first-order valence-corrected chi connectivity index (χ1v) is 48.9. The molecule has 0 aliphatic carbocycles. The van der Waals surface area contributed by atoms with Crippen LogP contribution in [0.3, 0.4) is 0 Å². The largest absolute Gasteiger partial charge is 0.355 e. The van der Waals surface area contributed by atoms with E-state index in [0.717, 1.165) is 107 Å². The summed E-state index contributed by atoms with van der Waals surface area (Å²) < 4.78 is 0.0374. The molecule has 0 spiro atoms. The van der Waals surface area contributed by atoms with Gasteiger partial charge in [0.15, 0.2) is 5.78 Å². The van der Waals surface area contributed by atoms with E-state index in [1.165, 1.54) is 0 Å². The quantitative estimate of drug-likeness (QED) is 0.00564. The summed E-state index contributed by atoms with van der Waals surface area (Å²) in [5, 5.41) is 12.8. The number of nitrogens with two attached hydrogens (primary N) is 4. The molecule has 0 atom stereocenters. The van der Waals surface area contributed by atoms with Crippen molar-refractivity contribution >= 4 is 157 Å². The Hall–Kier alpha value is -5.13. The number of hydrogen-bond acceptors (Lipinski definition) is 27. The van der Waals surface area contributed by atoms with Crippen molar-refractivity contribution < 1.29 is 19.2 Å². The molecule has 0 saturated heterocycles. The van der Waals surface area contributed by atoms with E-state index in [9.17, 15) is 19.2 Å². The minimum Gasteiger partial charge on any atom is -0.355 e. The number of pyridine rings is 7. The summed E-state index contributed by atoms with van der Waals surface area (Å²) in [6.07, 6.45) is 47.6. The lowest BCUT2D eigenvalue weighted by Gasteiger charge is -2.23. The highest BCUT2D eigenvalue weighted by molar-refractivity contribution is 8.78. The summed E-state index contributed by atoms with van der Waals surface area (Å²) in [5.74, 6) is 4.45. The van der Waals surface area contributed by atoms with Gasteiger partial charge in [0.05, 0.1) is 11.1 Å². The van der Waals surface area contributed by atoms with Crippen LogP contribution >= 0.6 is 133 Å². The number of allylic oxidation sites excluding steroid dienone is 10. The third-order valence-electron chi connectivity index (χ3n) is 13.0. The Morgan fingerprint density at radius 2 is 0.829 bits per heavy atom. The first kappa shape index (κ1) is 104. The third-order valence-corrected chi connectivity index (χ3v) is 26.9. The number of Topliss-reactive ketones (excluding diaryl/α,β-unsaturated/α-hetero) is 1. The second kappa shape index (κ2) is 71.4. The minimum absolute atomic E-state index is 0.0139. The number of nitrogens with zero attached hydrogens (tertiary/aromatic N) is 7. The van der Waals surface area contributed by atoms with E-state index in [0.29, 0.717) is 68.8 Å². The first-order chi connectivity index (χ1) is 53.7. The second-order valence-corrected chi connectivity index (χ2v) is 39.6. The molecule has 7 aromatic rings. The van der Waals surface area contributed by atoms with Crippen LogP contribution < -0.4 is 38.9 Å². The fourth-order valence-corrected chi connectivity index (χ4v) is 17.2. The highest BCUT2D eigenvalue weighted by atomic mass is 33.1. The van der Waals surface area contributed by atoms with E-state index in [2.05, 4.69) is 171 Å². The molecule has 0 aromatic carbocycles. The van der Waals surface area contributed by atoms with Crippen molar-refractivity contribution in [1.29, 1.82) is 0 Å². The molecule has 0 aliphatic rings. The second-order valence-electron chi connectivity index (χ2n) is 24.6. The smallest absolute Gasteiger partial charge is 0.252 e. The van der Waals surface area contributed by atoms with Gasteiger partial charge in [-0.2, -0.15) is 25.3 Å². The lowest BCUT2D eigenvalue weighted by molar-refractivity contribution is -0.121. The fourth-order valence-electron chi connectivity index (χ4n) is 7.11. The van der Waals surface area contributed by atoms with Gasteiger partial charge in [0.2, 0.25) is 5.91 Å². The Morgan fingerprint density at radius 3 is 1.22 bits per heavy atom. The molecule has 0 unspecified atom stereocenters. The highest BCUT2D eigenvalue weighted by Gasteiger charge is 2.20. The molecule has 0 fully saturated rings. The van der Waals surface area contributed by atoms with Crippen LogP contribution in [0.4, 0.5) is 0 Å². The Kier molecular flexibility index (Phi) is 66.8. The van der Waals surface area contributed by atoms with E-state index in [-0.39, 0.29) is 37.7 Å². The van der Waals surface area contributed by atoms with Crippen LogP contribution in [0.15, 0.2) is 252 Å². The predicted octanol–water partition coefficient (Wildman–Crippen LogP) is 19.4. The molecule has 111 heavy (non-hydrogen) atoms. The van der Waals surface area contributed by atoms with Gasteiger partial charge in [-0.1, -0.05) is 157 Å². The molecule has 0 aliphatic heterocycles. The number of carbonyl (C=O) groups is 4. The molecule has 0 bridgehead atoms. The van der Waals surface area contributed by atoms with E-state index < -0.39 is 0 Å². The Balaban J connectivity index is 0.000000718. The molecule has 0 saturated carbocycles. The van der Waals surface area contributed by atoms with Crippen LogP contribution in [-0.4, -0.2) is 147 Å². The molecule has 30 heteroatoms. The zero-order chi connectivity index (χ0) is 81.4. The lowest BCUT2D eigenvalue weighted by Crippen LogP contribution is -2.35. The zero-order valence-electron chi connectivity index (χ0n) is 65.0. The molecule has 606 valence electrons. The molecule has 7 heterocycles. The van der Waals surface area contributed by atoms with Crippen molar-refractivity contribution in [3.63, 3.8) is 0 Å². The number of rotatable bonds is 44. The highest BCUT2D eigenvalue weighted by Crippen LogP contribution is 2.37. The van der Waals surface area contributed by atoms with Crippen LogP contribution in [0.25, 0.3) is 0 Å². The molecule has 11 N–H and O–H groups in total. The predicted molar refractivity (Wildman–Crippen MR) is 499 cm³/mol. The number of carbonyl (C=O) groups excluding carboxylic acids is 4. The zero-order valence-corrected chi connectivity index (χ0v) is 75.0. The molecule has 7 rings (SSSR count). The van der Waals surface area contributed by atoms with Gasteiger partial charge in [0.1, 0.15) is 20.1 Å². The Bertz CT molecular complexity index is 3510. The normalized spacial score (nSPS) is 11.1. The number of hydrogen-bond donors (Lipinski definition) is 9. The Labute approximate surface area is 713 Å². The molecule has 0 radical (unpaired) electrons. The number of amides is 3. The van der Waals surface area contributed by atoms with Crippen molar-refractivity contribution in [1.82, 2.24) is 50.8 Å². The summed E-state index contributed by atoms with van der Waals surface area (Å²) in [6.45, 7) is 19.2. The van der Waals surface area contributed by atoms with Gasteiger partial charge in [-0.05, 0) is 221 Å². The summed E-state index contributed by atoms with van der Waals surface area (Å²) in [7, 11) is 16.9. The average molecular weight is 1730 g/mol. The van der Waals surface area contributed by atoms with Gasteiger partial charge in [0.25, 0.3) is 11.8 Å². The van der Waals surface area contributed by atoms with Crippen molar-refractivity contribution in [2.24, 2.45) is 22.9 Å². The van der Waals surface area contributed by atoms with Gasteiger partial charge in [-0.25, -0.2) is 19.9 Å². The van der Waals surface area contributed by atoms with Gasteiger partial charge >= 0.3 is 0 Å². The maximum atomic E-state index is 12.2. The summed E-state index contributed by atoms with van der Waals surface area (Å²) in [4.78, 5) is 76.3. The summed E-state index contributed by atoms with van der Waals surface area (Å²) >= 11 is 7.93.